The predicted octanol–water partition coefficient (Wildman–Crippen LogP) is -0.692. The van der Waals surface area contributed by atoms with E-state index in [1.165, 1.54) is 0 Å². The summed E-state index contributed by atoms with van der Waals surface area (Å²) in [5.74, 6) is 0. The van der Waals surface area contributed by atoms with Crippen LogP contribution in [0, 0.1) is 0 Å². The van der Waals surface area contributed by atoms with Gasteiger partial charge >= 0.3 is 0 Å². The molecule has 74 valence electrons. The maximum Gasteiger partial charge on any atom is 0.0900 e. The molecule has 0 amide bonds. The molecule has 0 aliphatic carbocycles. The van der Waals surface area contributed by atoms with Crippen LogP contribution >= 0.6 is 0 Å². The van der Waals surface area contributed by atoms with E-state index in [0.717, 1.165) is 6.54 Å². The maximum absolute atomic E-state index is 9.33. The third-order valence-corrected chi connectivity index (χ3v) is 1.69. The second kappa shape index (κ2) is 7.49. The van der Waals surface area contributed by atoms with Crippen LogP contribution in [-0.4, -0.2) is 61.2 Å². The van der Waals surface area contributed by atoms with Crippen molar-refractivity contribution < 1.29 is 14.9 Å². The quantitative estimate of drug-likeness (QED) is 0.540. The van der Waals surface area contributed by atoms with Crippen LogP contribution < -0.4 is 0 Å². The zero-order valence-electron chi connectivity index (χ0n) is 7.86. The number of methoxy groups -OCH3 is 1. The lowest BCUT2D eigenvalue weighted by Gasteiger charge is -2.21. The number of aliphatic hydroxyl groups is 2. The van der Waals surface area contributed by atoms with Gasteiger partial charge in [0.2, 0.25) is 0 Å². The highest BCUT2D eigenvalue weighted by Crippen LogP contribution is 1.92. The molecule has 4 nitrogen and oxygen atoms in total. The zero-order valence-corrected chi connectivity index (χ0v) is 7.86. The van der Waals surface area contributed by atoms with Crippen LogP contribution in [0.5, 0.6) is 0 Å². The van der Waals surface area contributed by atoms with E-state index >= 15 is 0 Å². The molecule has 0 aliphatic heterocycles. The van der Waals surface area contributed by atoms with E-state index in [0.29, 0.717) is 19.7 Å². The van der Waals surface area contributed by atoms with Gasteiger partial charge in [-0.2, -0.15) is 0 Å². The van der Waals surface area contributed by atoms with Gasteiger partial charge in [0.25, 0.3) is 0 Å². The third kappa shape index (κ3) is 5.49. The number of hydrogen-bond donors (Lipinski definition) is 2. The monoisotopic (exact) mass is 177 g/mol. The summed E-state index contributed by atoms with van der Waals surface area (Å²) >= 11 is 0. The molecule has 0 bridgehead atoms. The van der Waals surface area contributed by atoms with Crippen molar-refractivity contribution in [1.29, 1.82) is 0 Å². The maximum atomic E-state index is 9.33. The lowest BCUT2D eigenvalue weighted by molar-refractivity contribution is 0.0353. The smallest absolute Gasteiger partial charge is 0.0900 e. The van der Waals surface area contributed by atoms with Crippen molar-refractivity contribution in [2.75, 3.05) is 40.0 Å². The molecule has 4 heteroatoms. The Bertz CT molecular complexity index is 100. The van der Waals surface area contributed by atoms with Crippen molar-refractivity contribution in [3.05, 3.63) is 0 Å². The topological polar surface area (TPSA) is 52.9 Å². The Morgan fingerprint density at radius 1 is 1.50 bits per heavy atom. The highest BCUT2D eigenvalue weighted by molar-refractivity contribution is 4.62. The van der Waals surface area contributed by atoms with Crippen LogP contribution in [0.1, 0.15) is 6.92 Å². The minimum Gasteiger partial charge on any atom is -0.395 e. The average molecular weight is 177 g/mol. The molecule has 0 rings (SSSR count). The van der Waals surface area contributed by atoms with Gasteiger partial charge in [-0.1, -0.05) is 6.92 Å². The molecule has 0 saturated carbocycles. The highest BCUT2D eigenvalue weighted by atomic mass is 16.5. The SMILES string of the molecule is CCN(CCO)CC(O)COC. The fraction of sp³-hybridized carbons (Fsp3) is 1.00. The first-order valence-electron chi connectivity index (χ1n) is 4.24. The van der Waals surface area contributed by atoms with E-state index in [-0.39, 0.29) is 6.61 Å². The van der Waals surface area contributed by atoms with Gasteiger partial charge in [-0.3, -0.25) is 4.90 Å². The highest BCUT2D eigenvalue weighted by Gasteiger charge is 2.08. The van der Waals surface area contributed by atoms with Crippen molar-refractivity contribution in [2.24, 2.45) is 0 Å². The Balaban J connectivity index is 3.53. The summed E-state index contributed by atoms with van der Waals surface area (Å²) in [5, 5.41) is 18.0. The van der Waals surface area contributed by atoms with Crippen molar-refractivity contribution >= 4 is 0 Å². The van der Waals surface area contributed by atoms with Crippen LogP contribution in [0.3, 0.4) is 0 Å². The average Bonchev–Trinajstić information content (AvgIpc) is 2.04. The van der Waals surface area contributed by atoms with Crippen LogP contribution in [0.2, 0.25) is 0 Å². The van der Waals surface area contributed by atoms with Crippen molar-refractivity contribution in [3.63, 3.8) is 0 Å². The van der Waals surface area contributed by atoms with Crippen LogP contribution in [-0.2, 0) is 4.74 Å². The third-order valence-electron chi connectivity index (χ3n) is 1.69. The van der Waals surface area contributed by atoms with E-state index < -0.39 is 6.10 Å². The van der Waals surface area contributed by atoms with Gasteiger partial charge < -0.3 is 14.9 Å². The molecule has 0 fully saturated rings. The fourth-order valence-corrected chi connectivity index (χ4v) is 1.06. The zero-order chi connectivity index (χ0) is 9.40. The van der Waals surface area contributed by atoms with Gasteiger partial charge in [0, 0.05) is 20.2 Å². The van der Waals surface area contributed by atoms with Gasteiger partial charge in [0.05, 0.1) is 19.3 Å². The minimum atomic E-state index is -0.457. The number of nitrogens with zero attached hydrogens (tertiary/aromatic N) is 1. The van der Waals surface area contributed by atoms with Gasteiger partial charge in [0.1, 0.15) is 0 Å². The molecule has 0 spiro atoms. The van der Waals surface area contributed by atoms with Gasteiger partial charge in [-0.15, -0.1) is 0 Å². The number of ether oxygens (including phenoxy) is 1. The fourth-order valence-electron chi connectivity index (χ4n) is 1.06. The van der Waals surface area contributed by atoms with Crippen molar-refractivity contribution in [1.82, 2.24) is 4.90 Å². The Kier molecular flexibility index (Phi) is 7.39. The molecule has 2 N–H and O–H groups in total. The molecule has 1 atom stereocenters. The van der Waals surface area contributed by atoms with Gasteiger partial charge in [0.15, 0.2) is 0 Å². The first kappa shape index (κ1) is 11.8. The Morgan fingerprint density at radius 3 is 2.58 bits per heavy atom. The molecular formula is C8H19NO3. The number of aliphatic hydroxyl groups excluding tert-OH is 2. The van der Waals surface area contributed by atoms with Gasteiger partial charge in [-0.05, 0) is 6.54 Å². The minimum absolute atomic E-state index is 0.132. The normalized spacial score (nSPS) is 13.8. The molecule has 0 aromatic heterocycles. The second-order valence-corrected chi connectivity index (χ2v) is 2.73. The largest absolute Gasteiger partial charge is 0.395 e. The predicted molar refractivity (Wildman–Crippen MR) is 47.1 cm³/mol. The van der Waals surface area contributed by atoms with E-state index in [1.54, 1.807) is 7.11 Å². The molecular weight excluding hydrogens is 158 g/mol. The summed E-state index contributed by atoms with van der Waals surface area (Å²) in [5.41, 5.74) is 0. The summed E-state index contributed by atoms with van der Waals surface area (Å²) in [7, 11) is 1.56. The van der Waals surface area contributed by atoms with E-state index in [1.807, 2.05) is 11.8 Å². The van der Waals surface area contributed by atoms with Crippen LogP contribution in [0.25, 0.3) is 0 Å². The molecule has 0 saturated heterocycles. The standard InChI is InChI=1S/C8H19NO3/c1-3-9(4-5-10)6-8(11)7-12-2/h8,10-11H,3-7H2,1-2H3. The Labute approximate surface area is 73.8 Å². The number of likely N-dealkylation sites (N-methyl/N-ethyl adjacent to an activating group) is 1. The van der Waals surface area contributed by atoms with E-state index in [2.05, 4.69) is 0 Å². The molecule has 12 heavy (non-hydrogen) atoms. The van der Waals surface area contributed by atoms with Crippen molar-refractivity contribution in [2.45, 2.75) is 13.0 Å². The summed E-state index contributed by atoms with van der Waals surface area (Å²) in [6.45, 7) is 4.48. The molecule has 0 aliphatic rings. The van der Waals surface area contributed by atoms with E-state index in [9.17, 15) is 5.11 Å². The Morgan fingerprint density at radius 2 is 2.17 bits per heavy atom. The summed E-state index contributed by atoms with van der Waals surface area (Å²) < 4.78 is 4.79. The summed E-state index contributed by atoms with van der Waals surface area (Å²) in [6, 6.07) is 0. The number of hydrogen-bond acceptors (Lipinski definition) is 4. The van der Waals surface area contributed by atoms with Gasteiger partial charge in [-0.25, -0.2) is 0 Å². The molecule has 1 unspecified atom stereocenters. The van der Waals surface area contributed by atoms with Crippen LogP contribution in [0.4, 0.5) is 0 Å². The van der Waals surface area contributed by atoms with Crippen molar-refractivity contribution in [3.8, 4) is 0 Å². The first-order chi connectivity index (χ1) is 5.74. The number of rotatable bonds is 7. The van der Waals surface area contributed by atoms with Crippen LogP contribution in [0.15, 0.2) is 0 Å². The Hall–Kier alpha value is -0.160. The summed E-state index contributed by atoms with van der Waals surface area (Å²) in [4.78, 5) is 1.98. The lowest BCUT2D eigenvalue weighted by atomic mass is 10.3. The molecule has 0 heterocycles. The lowest BCUT2D eigenvalue weighted by Crippen LogP contribution is -2.36. The van der Waals surface area contributed by atoms with E-state index in [4.69, 9.17) is 9.84 Å². The summed E-state index contributed by atoms with van der Waals surface area (Å²) in [6.07, 6.45) is -0.457. The molecule has 0 aromatic rings. The second-order valence-electron chi connectivity index (χ2n) is 2.73. The first-order valence-corrected chi connectivity index (χ1v) is 4.24. The molecule has 0 aromatic carbocycles. The molecule has 0 radical (unpaired) electrons.